The highest BCUT2D eigenvalue weighted by Crippen LogP contribution is 2.28. The van der Waals surface area contributed by atoms with E-state index in [2.05, 4.69) is 5.10 Å². The van der Waals surface area contributed by atoms with Gasteiger partial charge in [-0.2, -0.15) is 5.10 Å². The van der Waals surface area contributed by atoms with Crippen molar-refractivity contribution in [2.45, 2.75) is 19.8 Å². The number of carbonyl (C=O) groups is 1. The highest BCUT2D eigenvalue weighted by molar-refractivity contribution is 5.71. The first-order valence-corrected chi connectivity index (χ1v) is 5.99. The van der Waals surface area contributed by atoms with E-state index in [1.807, 2.05) is 6.92 Å². The Labute approximate surface area is 110 Å². The van der Waals surface area contributed by atoms with Crippen LogP contribution in [0.3, 0.4) is 0 Å². The number of aryl methyl sites for hydroxylation is 2. The van der Waals surface area contributed by atoms with Crippen LogP contribution in [0.4, 0.5) is 4.39 Å². The molecule has 0 saturated carbocycles. The van der Waals surface area contributed by atoms with Gasteiger partial charge in [-0.15, -0.1) is 0 Å². The molecule has 1 aromatic carbocycles. The molecule has 0 aliphatic heterocycles. The average molecular weight is 262 g/mol. The largest absolute Gasteiger partial charge is 0.481 e. The maximum Gasteiger partial charge on any atom is 0.303 e. The second-order valence-corrected chi connectivity index (χ2v) is 4.43. The molecule has 2 aromatic rings. The van der Waals surface area contributed by atoms with Crippen LogP contribution in [0.5, 0.6) is 0 Å². The van der Waals surface area contributed by atoms with E-state index in [0.717, 1.165) is 22.5 Å². The summed E-state index contributed by atoms with van der Waals surface area (Å²) in [5, 5.41) is 13.1. The van der Waals surface area contributed by atoms with Gasteiger partial charge in [0.15, 0.2) is 0 Å². The average Bonchev–Trinajstić information content (AvgIpc) is 2.62. The monoisotopic (exact) mass is 262 g/mol. The molecule has 19 heavy (non-hydrogen) atoms. The first-order valence-electron chi connectivity index (χ1n) is 5.99. The molecule has 0 radical (unpaired) electrons. The third-order valence-electron chi connectivity index (χ3n) is 3.05. The lowest BCUT2D eigenvalue weighted by atomic mass is 10.0. The topological polar surface area (TPSA) is 55.1 Å². The van der Waals surface area contributed by atoms with Crippen LogP contribution in [0.15, 0.2) is 24.3 Å². The van der Waals surface area contributed by atoms with Gasteiger partial charge in [0.25, 0.3) is 0 Å². The summed E-state index contributed by atoms with van der Waals surface area (Å²) in [7, 11) is 1.79. The van der Waals surface area contributed by atoms with Crippen molar-refractivity contribution in [3.8, 4) is 11.1 Å². The maximum absolute atomic E-state index is 13.0. The molecule has 0 aliphatic rings. The fourth-order valence-electron chi connectivity index (χ4n) is 2.21. The molecule has 4 nitrogen and oxygen atoms in total. The molecule has 1 heterocycles. The molecule has 0 bridgehead atoms. The number of benzene rings is 1. The lowest BCUT2D eigenvalue weighted by Crippen LogP contribution is -2.04. The van der Waals surface area contributed by atoms with Crippen molar-refractivity contribution >= 4 is 5.97 Å². The van der Waals surface area contributed by atoms with E-state index >= 15 is 0 Å². The van der Waals surface area contributed by atoms with Crippen LogP contribution < -0.4 is 0 Å². The minimum absolute atomic E-state index is 0.0488. The van der Waals surface area contributed by atoms with Gasteiger partial charge in [-0.1, -0.05) is 12.1 Å². The van der Waals surface area contributed by atoms with Crippen LogP contribution >= 0.6 is 0 Å². The van der Waals surface area contributed by atoms with Crippen molar-refractivity contribution in [3.63, 3.8) is 0 Å². The molecule has 1 aromatic heterocycles. The van der Waals surface area contributed by atoms with E-state index < -0.39 is 5.97 Å². The summed E-state index contributed by atoms with van der Waals surface area (Å²) in [5.41, 5.74) is 3.41. The van der Waals surface area contributed by atoms with Crippen molar-refractivity contribution in [2.24, 2.45) is 7.05 Å². The number of hydrogen-bond acceptors (Lipinski definition) is 2. The van der Waals surface area contributed by atoms with E-state index in [-0.39, 0.29) is 12.2 Å². The second-order valence-electron chi connectivity index (χ2n) is 4.43. The van der Waals surface area contributed by atoms with Crippen LogP contribution in [-0.4, -0.2) is 20.9 Å². The predicted octanol–water partition coefficient (Wildman–Crippen LogP) is 2.55. The molecule has 0 atom stereocenters. The van der Waals surface area contributed by atoms with Gasteiger partial charge in [0, 0.05) is 24.7 Å². The van der Waals surface area contributed by atoms with Gasteiger partial charge in [0.05, 0.1) is 12.1 Å². The Kier molecular flexibility index (Phi) is 3.64. The molecular weight excluding hydrogens is 247 g/mol. The first-order chi connectivity index (χ1) is 8.99. The zero-order valence-electron chi connectivity index (χ0n) is 10.9. The third-order valence-corrected chi connectivity index (χ3v) is 3.05. The summed E-state index contributed by atoms with van der Waals surface area (Å²) in [4.78, 5) is 10.7. The van der Waals surface area contributed by atoms with Crippen LogP contribution in [0.1, 0.15) is 17.8 Å². The quantitative estimate of drug-likeness (QED) is 0.921. The Morgan fingerprint density at radius 2 is 2.00 bits per heavy atom. The van der Waals surface area contributed by atoms with Gasteiger partial charge in [0.1, 0.15) is 5.82 Å². The van der Waals surface area contributed by atoms with Gasteiger partial charge >= 0.3 is 5.97 Å². The van der Waals surface area contributed by atoms with Crippen molar-refractivity contribution in [1.82, 2.24) is 9.78 Å². The summed E-state index contributed by atoms with van der Waals surface area (Å²) in [5.74, 6) is -1.14. The lowest BCUT2D eigenvalue weighted by Gasteiger charge is -2.06. The number of rotatable bonds is 4. The normalized spacial score (nSPS) is 10.7. The van der Waals surface area contributed by atoms with Crippen LogP contribution in [0.2, 0.25) is 0 Å². The molecule has 0 amide bonds. The van der Waals surface area contributed by atoms with Crippen LogP contribution in [-0.2, 0) is 18.3 Å². The minimum Gasteiger partial charge on any atom is -0.481 e. The van der Waals surface area contributed by atoms with Gasteiger partial charge in [-0.05, 0) is 24.6 Å². The van der Waals surface area contributed by atoms with E-state index in [1.165, 1.54) is 12.1 Å². The molecule has 5 heteroatoms. The first kappa shape index (κ1) is 13.3. The molecule has 0 spiro atoms. The zero-order valence-corrected chi connectivity index (χ0v) is 10.9. The zero-order chi connectivity index (χ0) is 14.0. The molecule has 0 fully saturated rings. The highest BCUT2D eigenvalue weighted by Gasteiger charge is 2.15. The van der Waals surface area contributed by atoms with Gasteiger partial charge in [-0.3, -0.25) is 9.48 Å². The number of halogens is 1. The van der Waals surface area contributed by atoms with E-state index in [0.29, 0.717) is 6.42 Å². The van der Waals surface area contributed by atoms with Crippen LogP contribution in [0, 0.1) is 12.7 Å². The Hall–Kier alpha value is -2.17. The van der Waals surface area contributed by atoms with Gasteiger partial charge in [-0.25, -0.2) is 4.39 Å². The van der Waals surface area contributed by atoms with Crippen molar-refractivity contribution in [1.29, 1.82) is 0 Å². The highest BCUT2D eigenvalue weighted by atomic mass is 19.1. The molecule has 0 saturated heterocycles. The van der Waals surface area contributed by atoms with Crippen molar-refractivity contribution in [2.75, 3.05) is 0 Å². The van der Waals surface area contributed by atoms with Crippen LogP contribution in [0.25, 0.3) is 11.1 Å². The van der Waals surface area contributed by atoms with Gasteiger partial charge < -0.3 is 5.11 Å². The fourth-order valence-corrected chi connectivity index (χ4v) is 2.21. The maximum atomic E-state index is 13.0. The molecule has 0 unspecified atom stereocenters. The lowest BCUT2D eigenvalue weighted by molar-refractivity contribution is -0.136. The summed E-state index contributed by atoms with van der Waals surface area (Å²) < 4.78 is 14.7. The predicted molar refractivity (Wildman–Crippen MR) is 69.3 cm³/mol. The fraction of sp³-hybridized carbons (Fsp3) is 0.286. The van der Waals surface area contributed by atoms with Crippen molar-refractivity contribution < 1.29 is 14.3 Å². The Morgan fingerprint density at radius 1 is 1.37 bits per heavy atom. The minimum atomic E-state index is -0.844. The van der Waals surface area contributed by atoms with E-state index in [9.17, 15) is 9.18 Å². The van der Waals surface area contributed by atoms with E-state index in [4.69, 9.17) is 5.11 Å². The summed E-state index contributed by atoms with van der Waals surface area (Å²) >= 11 is 0. The number of aromatic nitrogens is 2. The summed E-state index contributed by atoms with van der Waals surface area (Å²) in [6.45, 7) is 1.86. The number of aliphatic carboxylic acids is 1. The summed E-state index contributed by atoms with van der Waals surface area (Å²) in [6.07, 6.45) is 0.451. The number of hydrogen-bond donors (Lipinski definition) is 1. The smallest absolute Gasteiger partial charge is 0.303 e. The molecule has 1 N–H and O–H groups in total. The van der Waals surface area contributed by atoms with Crippen molar-refractivity contribution in [3.05, 3.63) is 41.5 Å². The number of nitrogens with zero attached hydrogens (tertiary/aromatic N) is 2. The molecule has 2 rings (SSSR count). The summed E-state index contributed by atoms with van der Waals surface area (Å²) in [6, 6.07) is 6.15. The third kappa shape index (κ3) is 2.81. The van der Waals surface area contributed by atoms with E-state index in [1.54, 1.807) is 23.9 Å². The Morgan fingerprint density at radius 3 is 2.58 bits per heavy atom. The molecule has 100 valence electrons. The molecular formula is C14H15FN2O2. The standard InChI is InChI=1S/C14H15FN2O2/c1-9-14(10-3-5-11(15)6-4-10)12(17(2)16-9)7-8-13(18)19/h3-6H,7-8H2,1-2H3,(H,18,19). The Balaban J connectivity index is 2.43. The molecule has 0 aliphatic carbocycles. The number of carboxylic acid groups (broad SMARTS) is 1. The Bertz CT molecular complexity index is 603. The van der Waals surface area contributed by atoms with Gasteiger partial charge in [0.2, 0.25) is 0 Å². The second kappa shape index (κ2) is 5.22. The number of carboxylic acids is 1. The SMILES string of the molecule is Cc1nn(C)c(CCC(=O)O)c1-c1ccc(F)cc1.